The zero-order chi connectivity index (χ0) is 20.2. The maximum absolute atomic E-state index is 13.3. The number of hydrogen-bond donors (Lipinski definition) is 1. The Labute approximate surface area is 160 Å². The summed E-state index contributed by atoms with van der Waals surface area (Å²) in [7, 11) is 2.87. The van der Waals surface area contributed by atoms with Gasteiger partial charge in [-0.15, -0.1) is 0 Å². The molecule has 0 spiro atoms. The van der Waals surface area contributed by atoms with Crippen LogP contribution in [-0.4, -0.2) is 48.1 Å². The number of carbonyl (C=O) groups is 2. The topological polar surface area (TPSA) is 114 Å². The zero-order valence-electron chi connectivity index (χ0n) is 15.8. The van der Waals surface area contributed by atoms with Crippen LogP contribution < -0.4 is 11.2 Å². The number of fused-ring (bicyclic) bond motifs is 2. The van der Waals surface area contributed by atoms with Gasteiger partial charge in [0, 0.05) is 26.3 Å². The van der Waals surface area contributed by atoms with Gasteiger partial charge in [-0.05, 0) is 31.2 Å². The lowest BCUT2D eigenvalue weighted by atomic mass is 9.84. The van der Waals surface area contributed by atoms with Crippen molar-refractivity contribution in [3.63, 3.8) is 0 Å². The molecule has 3 atom stereocenters. The lowest BCUT2D eigenvalue weighted by Gasteiger charge is -2.33. The molecule has 1 saturated heterocycles. The fourth-order valence-corrected chi connectivity index (χ4v) is 4.70. The fourth-order valence-electron chi connectivity index (χ4n) is 4.70. The van der Waals surface area contributed by atoms with E-state index in [4.69, 9.17) is 0 Å². The minimum atomic E-state index is -1.00. The summed E-state index contributed by atoms with van der Waals surface area (Å²) in [6.45, 7) is 0. The van der Waals surface area contributed by atoms with Crippen LogP contribution in [-0.2, 0) is 18.9 Å². The van der Waals surface area contributed by atoms with Crippen LogP contribution in [0.15, 0.2) is 21.9 Å². The van der Waals surface area contributed by atoms with Gasteiger partial charge in [-0.2, -0.15) is 0 Å². The van der Waals surface area contributed by atoms with E-state index in [0.29, 0.717) is 6.42 Å². The number of rotatable bonds is 2. The first-order valence-corrected chi connectivity index (χ1v) is 9.42. The molecular formula is C19H22N4O5. The van der Waals surface area contributed by atoms with Crippen molar-refractivity contribution in [3.05, 3.63) is 38.7 Å². The number of carbonyl (C=O) groups excluding carboxylic acids is 1. The number of carboxylic acids is 1. The SMILES string of the molecule is Cn1c(=O)c2cc(C(=O)N3C(C(=O)O)CC4CCCCC43)cnc2n(C)c1=O. The van der Waals surface area contributed by atoms with E-state index in [9.17, 15) is 24.3 Å². The second kappa shape index (κ2) is 6.57. The highest BCUT2D eigenvalue weighted by Crippen LogP contribution is 2.40. The van der Waals surface area contributed by atoms with Gasteiger partial charge in [-0.1, -0.05) is 12.8 Å². The van der Waals surface area contributed by atoms with E-state index < -0.39 is 29.2 Å². The summed E-state index contributed by atoms with van der Waals surface area (Å²) >= 11 is 0. The summed E-state index contributed by atoms with van der Waals surface area (Å²) in [5.41, 5.74) is -0.677. The molecule has 148 valence electrons. The van der Waals surface area contributed by atoms with E-state index >= 15 is 0 Å². The second-order valence-corrected chi connectivity index (χ2v) is 7.71. The predicted octanol–water partition coefficient (Wildman–Crippen LogP) is 0.490. The van der Waals surface area contributed by atoms with Gasteiger partial charge in [0.25, 0.3) is 11.5 Å². The van der Waals surface area contributed by atoms with E-state index in [-0.39, 0.29) is 28.6 Å². The summed E-state index contributed by atoms with van der Waals surface area (Å²) in [5, 5.41) is 9.80. The van der Waals surface area contributed by atoms with Crippen molar-refractivity contribution in [3.8, 4) is 0 Å². The minimum absolute atomic E-state index is 0.0963. The number of pyridine rings is 1. The summed E-state index contributed by atoms with van der Waals surface area (Å²) in [6.07, 6.45) is 5.52. The Morgan fingerprint density at radius 1 is 1.14 bits per heavy atom. The molecule has 9 nitrogen and oxygen atoms in total. The molecule has 1 aliphatic heterocycles. The van der Waals surface area contributed by atoms with Crippen molar-refractivity contribution < 1.29 is 14.7 Å². The highest BCUT2D eigenvalue weighted by Gasteiger charge is 2.47. The Morgan fingerprint density at radius 2 is 1.86 bits per heavy atom. The molecule has 1 N–H and O–H groups in total. The van der Waals surface area contributed by atoms with Crippen molar-refractivity contribution >= 4 is 22.9 Å². The van der Waals surface area contributed by atoms with Crippen molar-refractivity contribution in [1.82, 2.24) is 19.0 Å². The third-order valence-corrected chi connectivity index (χ3v) is 6.15. The predicted molar refractivity (Wildman–Crippen MR) is 100 cm³/mol. The van der Waals surface area contributed by atoms with Gasteiger partial charge in [-0.3, -0.25) is 18.7 Å². The molecule has 2 aliphatic rings. The van der Waals surface area contributed by atoms with Crippen LogP contribution in [0.5, 0.6) is 0 Å². The standard InChI is InChI=1S/C19H22N4O5/c1-21-15-12(17(25)22(2)19(21)28)7-11(9-20-15)16(24)23-13-6-4-3-5-10(13)8-14(23)18(26)27/h7,9-10,13-14H,3-6,8H2,1-2H3,(H,26,27). The fraction of sp³-hybridized carbons (Fsp3) is 0.526. The van der Waals surface area contributed by atoms with E-state index in [0.717, 1.165) is 30.3 Å². The molecule has 0 bridgehead atoms. The third kappa shape index (κ3) is 2.64. The van der Waals surface area contributed by atoms with Gasteiger partial charge in [0.1, 0.15) is 11.7 Å². The summed E-state index contributed by atoms with van der Waals surface area (Å²) in [4.78, 5) is 55.2. The highest BCUT2D eigenvalue weighted by molar-refractivity contribution is 5.99. The monoisotopic (exact) mass is 386 g/mol. The third-order valence-electron chi connectivity index (χ3n) is 6.15. The average molecular weight is 386 g/mol. The minimum Gasteiger partial charge on any atom is -0.480 e. The van der Waals surface area contributed by atoms with Crippen molar-refractivity contribution in [2.24, 2.45) is 20.0 Å². The van der Waals surface area contributed by atoms with Gasteiger partial charge >= 0.3 is 11.7 Å². The highest BCUT2D eigenvalue weighted by atomic mass is 16.4. The number of amides is 1. The number of aromatic nitrogens is 3. The van der Waals surface area contributed by atoms with Gasteiger partial charge in [0.2, 0.25) is 0 Å². The molecule has 0 aromatic carbocycles. The lowest BCUT2D eigenvalue weighted by Crippen LogP contribution is -2.46. The maximum atomic E-state index is 13.3. The number of nitrogens with zero attached hydrogens (tertiary/aromatic N) is 4. The van der Waals surface area contributed by atoms with E-state index in [1.807, 2.05) is 0 Å². The normalized spacial score (nSPS) is 24.4. The Balaban J connectivity index is 1.81. The molecule has 3 unspecified atom stereocenters. The number of carboxylic acid groups (broad SMARTS) is 1. The summed E-state index contributed by atoms with van der Waals surface area (Å²) in [6, 6.07) is 0.460. The molecular weight excluding hydrogens is 364 g/mol. The molecule has 4 rings (SSSR count). The number of aliphatic carboxylic acids is 1. The van der Waals surface area contributed by atoms with E-state index in [1.54, 1.807) is 0 Å². The van der Waals surface area contributed by atoms with Gasteiger partial charge in [0.15, 0.2) is 0 Å². The van der Waals surface area contributed by atoms with Crippen LogP contribution in [0.3, 0.4) is 0 Å². The molecule has 1 aliphatic carbocycles. The smallest absolute Gasteiger partial charge is 0.332 e. The summed E-state index contributed by atoms with van der Waals surface area (Å²) in [5.74, 6) is -1.23. The van der Waals surface area contributed by atoms with E-state index in [1.165, 1.54) is 35.8 Å². The lowest BCUT2D eigenvalue weighted by molar-refractivity contribution is -0.141. The number of likely N-dealkylation sites (tertiary alicyclic amines) is 1. The van der Waals surface area contributed by atoms with Crippen molar-refractivity contribution in [2.45, 2.75) is 44.2 Å². The maximum Gasteiger partial charge on any atom is 0.332 e. The molecule has 1 amide bonds. The van der Waals surface area contributed by atoms with Crippen molar-refractivity contribution in [2.75, 3.05) is 0 Å². The van der Waals surface area contributed by atoms with Crippen LogP contribution in [0, 0.1) is 5.92 Å². The van der Waals surface area contributed by atoms with Crippen molar-refractivity contribution in [1.29, 1.82) is 0 Å². The summed E-state index contributed by atoms with van der Waals surface area (Å²) < 4.78 is 2.21. The van der Waals surface area contributed by atoms with E-state index in [2.05, 4.69) is 4.98 Å². The Morgan fingerprint density at radius 3 is 2.57 bits per heavy atom. The Hall–Kier alpha value is -2.97. The van der Waals surface area contributed by atoms with Crippen LogP contribution in [0.4, 0.5) is 0 Å². The van der Waals surface area contributed by atoms with Gasteiger partial charge in [0.05, 0.1) is 10.9 Å². The molecule has 2 fully saturated rings. The largest absolute Gasteiger partial charge is 0.480 e. The Bertz CT molecular complexity index is 1100. The molecule has 1 saturated carbocycles. The molecule has 0 radical (unpaired) electrons. The molecule has 2 aromatic rings. The first kappa shape index (κ1) is 18.4. The first-order chi connectivity index (χ1) is 13.3. The van der Waals surface area contributed by atoms with Gasteiger partial charge in [-0.25, -0.2) is 14.6 Å². The number of aryl methyl sites for hydroxylation is 1. The average Bonchev–Trinajstić information content (AvgIpc) is 3.09. The van der Waals surface area contributed by atoms with Gasteiger partial charge < -0.3 is 10.0 Å². The molecule has 9 heteroatoms. The van der Waals surface area contributed by atoms with Crippen LogP contribution >= 0.6 is 0 Å². The molecule has 3 heterocycles. The van der Waals surface area contributed by atoms with Crippen LogP contribution in [0.1, 0.15) is 42.5 Å². The molecule has 2 aromatic heterocycles. The zero-order valence-corrected chi connectivity index (χ0v) is 15.8. The second-order valence-electron chi connectivity index (χ2n) is 7.71. The number of hydrogen-bond acceptors (Lipinski definition) is 5. The Kier molecular flexibility index (Phi) is 4.32. The molecule has 28 heavy (non-hydrogen) atoms. The quantitative estimate of drug-likeness (QED) is 0.803. The van der Waals surface area contributed by atoms with Crippen LogP contribution in [0.25, 0.3) is 11.0 Å². The van der Waals surface area contributed by atoms with Crippen LogP contribution in [0.2, 0.25) is 0 Å². The first-order valence-electron chi connectivity index (χ1n) is 9.42.